The molecule has 1 aliphatic rings. The van der Waals surface area contributed by atoms with Gasteiger partial charge in [-0.2, -0.15) is 0 Å². The number of hydrogen-bond acceptors (Lipinski definition) is 3. The van der Waals surface area contributed by atoms with Crippen molar-refractivity contribution in [3.63, 3.8) is 0 Å². The number of amides is 1. The third-order valence-electron chi connectivity index (χ3n) is 2.03. The molecular weight excluding hydrogens is 198 g/mol. The molecule has 1 amide bonds. The Hall–Kier alpha value is -1.16. The quantitative estimate of drug-likeness (QED) is 0.607. The Bertz CT molecular complexity index is 346. The monoisotopic (exact) mass is 209 g/mol. The minimum absolute atomic E-state index is 0.0524. The first-order valence-corrected chi connectivity index (χ1v) is 5.61. The van der Waals surface area contributed by atoms with Gasteiger partial charge in [0.25, 0.3) is 0 Å². The van der Waals surface area contributed by atoms with E-state index < -0.39 is 0 Å². The zero-order valence-corrected chi connectivity index (χ0v) is 8.64. The van der Waals surface area contributed by atoms with Crippen LogP contribution in [0, 0.1) is 0 Å². The molecule has 1 aliphatic heterocycles. The average Bonchev–Trinajstić information content (AvgIpc) is 2.16. The van der Waals surface area contributed by atoms with Gasteiger partial charge in [0, 0.05) is 4.90 Å². The highest BCUT2D eigenvalue weighted by Gasteiger charge is 2.27. The molecule has 0 aromatic heterocycles. The molecule has 1 aromatic carbocycles. The Morgan fingerprint density at radius 2 is 2.21 bits per heavy atom. The van der Waals surface area contributed by atoms with Crippen LogP contribution >= 0.6 is 11.8 Å². The number of hydrogen-bond donors (Lipinski definition) is 1. The van der Waals surface area contributed by atoms with Crippen molar-refractivity contribution >= 4 is 17.7 Å². The van der Waals surface area contributed by atoms with Gasteiger partial charge in [0.05, 0.1) is 6.42 Å². The van der Waals surface area contributed by atoms with Gasteiger partial charge in [0.1, 0.15) is 5.75 Å². The van der Waals surface area contributed by atoms with Gasteiger partial charge in [-0.15, -0.1) is 11.8 Å². The highest BCUT2D eigenvalue weighted by atomic mass is 32.2. The van der Waals surface area contributed by atoms with Gasteiger partial charge in [-0.25, -0.2) is 0 Å². The van der Waals surface area contributed by atoms with Gasteiger partial charge in [-0.1, -0.05) is 12.1 Å². The minimum atomic E-state index is -0.143. The number of para-hydroxylation sites is 1. The zero-order chi connectivity index (χ0) is 9.97. The molecule has 1 heterocycles. The molecule has 1 saturated heterocycles. The summed E-state index contributed by atoms with van der Waals surface area (Å²) in [4.78, 5) is 11.7. The highest BCUT2D eigenvalue weighted by molar-refractivity contribution is 7.98. The van der Waals surface area contributed by atoms with E-state index in [1.165, 1.54) is 0 Å². The molecule has 0 bridgehead atoms. The van der Waals surface area contributed by atoms with Crippen LogP contribution in [0.25, 0.3) is 0 Å². The lowest BCUT2D eigenvalue weighted by Gasteiger charge is -2.28. The smallest absolute Gasteiger partial charge is 0.228 e. The summed E-state index contributed by atoms with van der Waals surface area (Å²) in [7, 11) is 0. The Kier molecular flexibility index (Phi) is 2.63. The van der Waals surface area contributed by atoms with E-state index in [2.05, 4.69) is 5.32 Å². The summed E-state index contributed by atoms with van der Waals surface area (Å²) in [5.41, 5.74) is 0. The van der Waals surface area contributed by atoms with E-state index in [1.807, 2.05) is 30.5 Å². The first kappa shape index (κ1) is 9.40. The SMILES string of the molecule is CSc1ccccc1OC1CC(=O)N1. The third kappa shape index (κ3) is 1.85. The summed E-state index contributed by atoms with van der Waals surface area (Å²) < 4.78 is 5.59. The van der Waals surface area contributed by atoms with E-state index in [0.717, 1.165) is 10.6 Å². The van der Waals surface area contributed by atoms with E-state index in [0.29, 0.717) is 6.42 Å². The summed E-state index contributed by atoms with van der Waals surface area (Å²) in [6.07, 6.45) is 2.32. The largest absolute Gasteiger partial charge is 0.469 e. The third-order valence-corrected chi connectivity index (χ3v) is 2.81. The maximum absolute atomic E-state index is 10.7. The summed E-state index contributed by atoms with van der Waals surface area (Å²) in [6, 6.07) is 7.81. The van der Waals surface area contributed by atoms with Crippen LogP contribution in [0.4, 0.5) is 0 Å². The normalized spacial score (nSPS) is 19.8. The molecule has 3 nitrogen and oxygen atoms in total. The van der Waals surface area contributed by atoms with E-state index in [4.69, 9.17) is 4.74 Å². The van der Waals surface area contributed by atoms with Crippen molar-refractivity contribution in [1.82, 2.24) is 5.32 Å². The summed E-state index contributed by atoms with van der Waals surface area (Å²) in [6.45, 7) is 0. The number of carbonyl (C=O) groups excluding carboxylic acids is 1. The number of carbonyl (C=O) groups is 1. The first-order valence-electron chi connectivity index (χ1n) is 4.38. The molecule has 1 N–H and O–H groups in total. The molecule has 74 valence electrons. The van der Waals surface area contributed by atoms with Gasteiger partial charge in [-0.05, 0) is 18.4 Å². The van der Waals surface area contributed by atoms with Crippen LogP contribution in [0.15, 0.2) is 29.2 Å². The Labute approximate surface area is 86.8 Å². The van der Waals surface area contributed by atoms with E-state index in [9.17, 15) is 4.79 Å². The minimum Gasteiger partial charge on any atom is -0.469 e. The molecule has 0 radical (unpaired) electrons. The lowest BCUT2D eigenvalue weighted by Crippen LogP contribution is -2.51. The van der Waals surface area contributed by atoms with Crippen LogP contribution in [0.5, 0.6) is 5.75 Å². The maximum atomic E-state index is 10.7. The van der Waals surface area contributed by atoms with Crippen LogP contribution in [0.3, 0.4) is 0 Å². The molecule has 0 aliphatic carbocycles. The molecular formula is C10H11NO2S. The number of benzene rings is 1. The fraction of sp³-hybridized carbons (Fsp3) is 0.300. The van der Waals surface area contributed by atoms with Crippen molar-refractivity contribution in [1.29, 1.82) is 0 Å². The second-order valence-corrected chi connectivity index (χ2v) is 3.88. The molecule has 4 heteroatoms. The maximum Gasteiger partial charge on any atom is 0.228 e. The summed E-state index contributed by atoms with van der Waals surface area (Å²) in [5.74, 6) is 0.890. The van der Waals surface area contributed by atoms with Crippen molar-refractivity contribution in [2.75, 3.05) is 6.26 Å². The molecule has 1 unspecified atom stereocenters. The number of rotatable bonds is 3. The van der Waals surface area contributed by atoms with Gasteiger partial charge in [-0.3, -0.25) is 4.79 Å². The van der Waals surface area contributed by atoms with Crippen molar-refractivity contribution in [3.05, 3.63) is 24.3 Å². The lowest BCUT2D eigenvalue weighted by atomic mass is 10.2. The van der Waals surface area contributed by atoms with Crippen molar-refractivity contribution in [2.45, 2.75) is 17.5 Å². The molecule has 1 aromatic rings. The Morgan fingerprint density at radius 1 is 1.50 bits per heavy atom. The van der Waals surface area contributed by atoms with Crippen LogP contribution in [0.1, 0.15) is 6.42 Å². The van der Waals surface area contributed by atoms with Gasteiger partial charge < -0.3 is 10.1 Å². The lowest BCUT2D eigenvalue weighted by molar-refractivity contribution is -0.134. The van der Waals surface area contributed by atoms with E-state index >= 15 is 0 Å². The summed E-state index contributed by atoms with van der Waals surface area (Å²) in [5, 5.41) is 2.67. The fourth-order valence-corrected chi connectivity index (χ4v) is 1.80. The molecule has 2 rings (SSSR count). The van der Waals surface area contributed by atoms with Crippen LogP contribution in [-0.2, 0) is 4.79 Å². The summed E-state index contributed by atoms with van der Waals surface area (Å²) >= 11 is 1.64. The molecule has 1 atom stereocenters. The zero-order valence-electron chi connectivity index (χ0n) is 7.82. The fourth-order valence-electron chi connectivity index (χ4n) is 1.27. The van der Waals surface area contributed by atoms with E-state index in [-0.39, 0.29) is 12.1 Å². The molecule has 0 saturated carbocycles. The second kappa shape index (κ2) is 3.92. The van der Waals surface area contributed by atoms with E-state index in [1.54, 1.807) is 11.8 Å². The number of β-lactam (4-membered cyclic amide) rings is 1. The topological polar surface area (TPSA) is 38.3 Å². The van der Waals surface area contributed by atoms with Crippen molar-refractivity contribution in [2.24, 2.45) is 0 Å². The number of nitrogens with one attached hydrogen (secondary N) is 1. The Balaban J connectivity index is 2.04. The van der Waals surface area contributed by atoms with Crippen LogP contribution in [0.2, 0.25) is 0 Å². The molecule has 0 spiro atoms. The van der Waals surface area contributed by atoms with Crippen LogP contribution in [-0.4, -0.2) is 18.4 Å². The van der Waals surface area contributed by atoms with Crippen molar-refractivity contribution < 1.29 is 9.53 Å². The van der Waals surface area contributed by atoms with Crippen molar-refractivity contribution in [3.8, 4) is 5.75 Å². The predicted octanol–water partition coefficient (Wildman–Crippen LogP) is 1.63. The number of thioether (sulfide) groups is 1. The average molecular weight is 209 g/mol. The molecule has 14 heavy (non-hydrogen) atoms. The predicted molar refractivity (Wildman–Crippen MR) is 55.4 cm³/mol. The first-order chi connectivity index (χ1) is 6.79. The van der Waals surface area contributed by atoms with Gasteiger partial charge >= 0.3 is 0 Å². The van der Waals surface area contributed by atoms with Gasteiger partial charge in [0.2, 0.25) is 5.91 Å². The Morgan fingerprint density at radius 3 is 2.86 bits per heavy atom. The van der Waals surface area contributed by atoms with Crippen LogP contribution < -0.4 is 10.1 Å². The standard InChI is InChI=1S/C10H11NO2S/c1-14-8-5-3-2-4-7(8)13-10-6-9(12)11-10/h2-5,10H,6H2,1H3,(H,11,12). The second-order valence-electron chi connectivity index (χ2n) is 3.03. The molecule has 1 fully saturated rings. The number of ether oxygens (including phenoxy) is 1. The highest BCUT2D eigenvalue weighted by Crippen LogP contribution is 2.28. The van der Waals surface area contributed by atoms with Gasteiger partial charge in [0.15, 0.2) is 6.23 Å².